The molecule has 3 atom stereocenters. The molecule has 0 amide bonds. The smallest absolute Gasteiger partial charge is 0.341 e. The lowest BCUT2D eigenvalue weighted by atomic mass is 9.70. The van der Waals surface area contributed by atoms with Crippen LogP contribution in [0.2, 0.25) is 0 Å². The molecule has 2 bridgehead atoms. The van der Waals surface area contributed by atoms with E-state index in [1.807, 2.05) is 6.07 Å². The highest BCUT2D eigenvalue weighted by molar-refractivity contribution is 6.31. The third-order valence-electron chi connectivity index (χ3n) is 8.87. The van der Waals surface area contributed by atoms with Gasteiger partial charge in [-0.2, -0.15) is 0 Å². The number of ether oxygens (including phenoxy) is 1. The molecule has 5 nitrogen and oxygen atoms in total. The van der Waals surface area contributed by atoms with Gasteiger partial charge in [0, 0.05) is 22.7 Å². The van der Waals surface area contributed by atoms with Gasteiger partial charge in [0.1, 0.15) is 11.8 Å². The molecule has 162 valence electrons. The van der Waals surface area contributed by atoms with Gasteiger partial charge in [-0.25, -0.2) is 4.79 Å². The lowest BCUT2D eigenvalue weighted by Gasteiger charge is -2.38. The van der Waals surface area contributed by atoms with Gasteiger partial charge in [-0.05, 0) is 42.7 Å². The van der Waals surface area contributed by atoms with E-state index in [9.17, 15) is 14.4 Å². The number of carbonyl (C=O) groups is 3. The van der Waals surface area contributed by atoms with Crippen molar-refractivity contribution in [1.82, 2.24) is 4.40 Å². The predicted molar refractivity (Wildman–Crippen MR) is 119 cm³/mol. The minimum Gasteiger partial charge on any atom is -0.458 e. The van der Waals surface area contributed by atoms with Crippen LogP contribution in [0.1, 0.15) is 82.4 Å². The van der Waals surface area contributed by atoms with Crippen molar-refractivity contribution >= 4 is 23.1 Å². The van der Waals surface area contributed by atoms with E-state index in [-0.39, 0.29) is 45.3 Å². The van der Waals surface area contributed by atoms with Crippen LogP contribution < -0.4 is 0 Å². The normalized spacial score (nSPS) is 27.5. The first-order valence-electron chi connectivity index (χ1n) is 11.3. The summed E-state index contributed by atoms with van der Waals surface area (Å²) in [6.07, 6.45) is 4.57. The van der Waals surface area contributed by atoms with Gasteiger partial charge in [-0.15, -0.1) is 0 Å². The molecule has 0 aliphatic heterocycles. The fraction of sp³-hybridized carbons (Fsp3) is 0.370. The summed E-state index contributed by atoms with van der Waals surface area (Å²) >= 11 is 0. The zero-order valence-corrected chi connectivity index (χ0v) is 18.5. The van der Waals surface area contributed by atoms with E-state index in [0.29, 0.717) is 22.6 Å². The van der Waals surface area contributed by atoms with Gasteiger partial charge in [-0.3, -0.25) is 9.59 Å². The lowest BCUT2D eigenvalue weighted by molar-refractivity contribution is -0.0241. The number of hydrogen-bond donors (Lipinski definition) is 0. The summed E-state index contributed by atoms with van der Waals surface area (Å²) in [5.74, 6) is -0.529. The second kappa shape index (κ2) is 6.18. The number of esters is 1. The van der Waals surface area contributed by atoms with Crippen LogP contribution in [0.4, 0.5) is 0 Å². The van der Waals surface area contributed by atoms with Crippen LogP contribution in [-0.4, -0.2) is 28.0 Å². The highest BCUT2D eigenvalue weighted by atomic mass is 16.5. The molecule has 1 aromatic carbocycles. The number of hydrogen-bond acceptors (Lipinski definition) is 4. The molecule has 32 heavy (non-hydrogen) atoms. The number of benzene rings is 1. The highest BCUT2D eigenvalue weighted by Gasteiger charge is 2.63. The molecule has 0 saturated heterocycles. The molecule has 0 spiro atoms. The Balaban J connectivity index is 1.49. The summed E-state index contributed by atoms with van der Waals surface area (Å²) in [4.78, 5) is 40.5. The Kier molecular flexibility index (Phi) is 3.76. The Labute approximate surface area is 186 Å². The summed E-state index contributed by atoms with van der Waals surface area (Å²) in [6.45, 7) is 6.76. The third-order valence-corrected chi connectivity index (χ3v) is 8.87. The van der Waals surface area contributed by atoms with Gasteiger partial charge < -0.3 is 9.14 Å². The summed E-state index contributed by atoms with van der Waals surface area (Å²) in [5, 5.41) is 0. The Morgan fingerprint density at radius 2 is 1.69 bits per heavy atom. The van der Waals surface area contributed by atoms with Crippen molar-refractivity contribution in [2.45, 2.75) is 46.1 Å². The van der Waals surface area contributed by atoms with Crippen molar-refractivity contribution in [2.75, 3.05) is 0 Å². The molecular formula is C27H25NO4. The molecule has 0 unspecified atom stereocenters. The zero-order valence-electron chi connectivity index (χ0n) is 18.5. The molecule has 3 aromatic rings. The topological polar surface area (TPSA) is 64.8 Å². The van der Waals surface area contributed by atoms with Crippen LogP contribution in [0.5, 0.6) is 0 Å². The van der Waals surface area contributed by atoms with E-state index in [1.54, 1.807) is 47.0 Å². The number of fused-ring (bicyclic) bond motifs is 6. The maximum Gasteiger partial charge on any atom is 0.341 e. The monoisotopic (exact) mass is 427 g/mol. The van der Waals surface area contributed by atoms with Gasteiger partial charge in [0.2, 0.25) is 5.78 Å². The van der Waals surface area contributed by atoms with Crippen molar-refractivity contribution in [1.29, 1.82) is 0 Å². The SMILES string of the molecule is CC1(C)[C@H]2CC[C@]1(C)[C@H](OC(=O)c1c3c(n4ccccc14)C(=O)c1ccccc1C3=O)C2. The average Bonchev–Trinajstić information content (AvgIpc) is 3.31. The van der Waals surface area contributed by atoms with Gasteiger partial charge in [-0.1, -0.05) is 51.1 Å². The van der Waals surface area contributed by atoms with Crippen molar-refractivity contribution in [3.05, 3.63) is 76.6 Å². The number of ketones is 2. The molecule has 3 aliphatic carbocycles. The third kappa shape index (κ3) is 2.21. The Bertz CT molecular complexity index is 1350. The van der Waals surface area contributed by atoms with Gasteiger partial charge in [0.25, 0.3) is 0 Å². The van der Waals surface area contributed by atoms with E-state index in [2.05, 4.69) is 20.8 Å². The van der Waals surface area contributed by atoms with E-state index >= 15 is 0 Å². The minimum absolute atomic E-state index is 0.0879. The molecule has 2 heterocycles. The van der Waals surface area contributed by atoms with Crippen molar-refractivity contribution < 1.29 is 19.1 Å². The number of nitrogens with zero attached hydrogens (tertiary/aromatic N) is 1. The van der Waals surface area contributed by atoms with Crippen LogP contribution >= 0.6 is 0 Å². The van der Waals surface area contributed by atoms with Crippen LogP contribution in [0.25, 0.3) is 5.52 Å². The van der Waals surface area contributed by atoms with E-state index in [1.165, 1.54) is 0 Å². The second-order valence-electron chi connectivity index (χ2n) is 10.3. The lowest BCUT2D eigenvalue weighted by Crippen LogP contribution is -2.38. The quantitative estimate of drug-likeness (QED) is 0.418. The average molecular weight is 428 g/mol. The van der Waals surface area contributed by atoms with Crippen LogP contribution in [-0.2, 0) is 4.74 Å². The predicted octanol–water partition coefficient (Wildman–Crippen LogP) is 5.09. The zero-order chi connectivity index (χ0) is 22.4. The van der Waals surface area contributed by atoms with Crippen molar-refractivity contribution in [2.24, 2.45) is 16.7 Å². The number of pyridine rings is 1. The maximum absolute atomic E-state index is 13.6. The Morgan fingerprint density at radius 1 is 1.00 bits per heavy atom. The van der Waals surface area contributed by atoms with Crippen molar-refractivity contribution in [3.63, 3.8) is 0 Å². The summed E-state index contributed by atoms with van der Waals surface area (Å²) in [5.41, 5.74) is 1.87. The van der Waals surface area contributed by atoms with Crippen molar-refractivity contribution in [3.8, 4) is 0 Å². The summed E-state index contributed by atoms with van der Waals surface area (Å²) in [6, 6.07) is 12.2. The fourth-order valence-electron chi connectivity index (χ4n) is 6.50. The first-order chi connectivity index (χ1) is 15.3. The van der Waals surface area contributed by atoms with Crippen LogP contribution in [0.3, 0.4) is 0 Å². The number of rotatable bonds is 2. The van der Waals surface area contributed by atoms with Gasteiger partial charge in [0.05, 0.1) is 16.6 Å². The second-order valence-corrected chi connectivity index (χ2v) is 10.3. The molecule has 2 aromatic heterocycles. The minimum atomic E-state index is -0.509. The van der Waals surface area contributed by atoms with Crippen LogP contribution in [0.15, 0.2) is 48.7 Å². The van der Waals surface area contributed by atoms with E-state index in [4.69, 9.17) is 4.74 Å². The largest absolute Gasteiger partial charge is 0.458 e. The maximum atomic E-state index is 13.6. The number of aromatic nitrogens is 1. The highest BCUT2D eigenvalue weighted by Crippen LogP contribution is 2.66. The molecule has 5 heteroatoms. The fourth-order valence-corrected chi connectivity index (χ4v) is 6.50. The molecular weight excluding hydrogens is 402 g/mol. The number of carbonyl (C=O) groups excluding carboxylic acids is 3. The molecule has 0 radical (unpaired) electrons. The molecule has 3 aliphatic rings. The van der Waals surface area contributed by atoms with E-state index < -0.39 is 5.97 Å². The first-order valence-corrected chi connectivity index (χ1v) is 11.3. The van der Waals surface area contributed by atoms with Gasteiger partial charge >= 0.3 is 5.97 Å². The summed E-state index contributed by atoms with van der Waals surface area (Å²) in [7, 11) is 0. The first kappa shape index (κ1) is 19.5. The Morgan fingerprint density at radius 3 is 2.34 bits per heavy atom. The Hall–Kier alpha value is -3.21. The molecule has 6 rings (SSSR count). The molecule has 0 N–H and O–H groups in total. The standard InChI is InChI=1S/C27H25NO4/c1-26(2)15-11-12-27(26,3)19(14-15)32-25(31)20-18-10-6-7-13-28(18)22-21(20)23(29)16-8-4-5-9-17(16)24(22)30/h4-10,13,15,19H,11-12,14H2,1-3H3/t15-,19+,27+/m0/s1. The van der Waals surface area contributed by atoms with Crippen LogP contribution in [0, 0.1) is 16.7 Å². The molecule has 2 saturated carbocycles. The summed E-state index contributed by atoms with van der Waals surface area (Å²) < 4.78 is 7.82. The van der Waals surface area contributed by atoms with Gasteiger partial charge in [0.15, 0.2) is 5.78 Å². The van der Waals surface area contributed by atoms with E-state index in [0.717, 1.165) is 19.3 Å². The molecule has 2 fully saturated rings.